The van der Waals surface area contributed by atoms with Crippen LogP contribution in [0.1, 0.15) is 127 Å². The zero-order chi connectivity index (χ0) is 34.0. The molecule has 258 valence electrons. The van der Waals surface area contributed by atoms with Gasteiger partial charge in [-0.05, 0) is 129 Å². The highest BCUT2D eigenvalue weighted by atomic mass is 28.4. The van der Waals surface area contributed by atoms with Crippen molar-refractivity contribution in [2.24, 2.45) is 23.2 Å². The van der Waals surface area contributed by atoms with Gasteiger partial charge in [0.15, 0.2) is 16.6 Å². The number of esters is 1. The predicted octanol–water partition coefficient (Wildman–Crippen LogP) is 11.6. The van der Waals surface area contributed by atoms with Crippen molar-refractivity contribution in [3.8, 4) is 0 Å². The molecule has 0 amide bonds. The summed E-state index contributed by atoms with van der Waals surface area (Å²) in [4.78, 5) is 11.9. The van der Waals surface area contributed by atoms with Crippen LogP contribution in [0.2, 0.25) is 36.3 Å². The van der Waals surface area contributed by atoms with E-state index in [1.807, 2.05) is 6.92 Å². The number of rotatable bonds is 11. The summed E-state index contributed by atoms with van der Waals surface area (Å²) >= 11 is 0. The van der Waals surface area contributed by atoms with Crippen LogP contribution in [0.25, 0.3) is 0 Å². The van der Waals surface area contributed by atoms with Crippen LogP contribution in [0.3, 0.4) is 0 Å². The summed E-state index contributed by atoms with van der Waals surface area (Å²) in [5.74, 6) is 1.95. The Morgan fingerprint density at radius 2 is 1.64 bits per heavy atom. The van der Waals surface area contributed by atoms with Gasteiger partial charge in [-0.25, -0.2) is 0 Å². The van der Waals surface area contributed by atoms with Gasteiger partial charge in [0.1, 0.15) is 0 Å². The predicted molar refractivity (Wildman–Crippen MR) is 196 cm³/mol. The summed E-state index contributed by atoms with van der Waals surface area (Å²) in [5.41, 5.74) is 4.48. The molecule has 0 spiro atoms. The Bertz CT molecular complexity index is 1110. The van der Waals surface area contributed by atoms with Crippen LogP contribution in [0.4, 0.5) is 0 Å². The van der Waals surface area contributed by atoms with E-state index in [4.69, 9.17) is 13.6 Å². The molecule has 0 aliphatic heterocycles. The van der Waals surface area contributed by atoms with E-state index in [2.05, 4.69) is 100 Å². The molecule has 4 nitrogen and oxygen atoms in total. The van der Waals surface area contributed by atoms with Crippen LogP contribution in [-0.2, 0) is 18.4 Å². The summed E-state index contributed by atoms with van der Waals surface area (Å²) in [5, 5.41) is 0.318. The molecule has 0 N–H and O–H groups in total. The SMILES string of the molecule is C=C1/C(=C\C=C2/CCC[C@]3(C)[C@@H]([C@H](C)CCCC(=O)OCC)CC[C@@H]23)C[C@@H](O[Si](C)(C)C(C)(C)C)C[C@H]1O[Si](C)(C)C(C)(C)C. The van der Waals surface area contributed by atoms with Crippen molar-refractivity contribution in [1.82, 2.24) is 0 Å². The third-order valence-electron chi connectivity index (χ3n) is 12.8. The van der Waals surface area contributed by atoms with Crippen molar-refractivity contribution in [1.29, 1.82) is 0 Å². The molecule has 45 heavy (non-hydrogen) atoms. The van der Waals surface area contributed by atoms with Gasteiger partial charge in [-0.3, -0.25) is 4.79 Å². The minimum absolute atomic E-state index is 0.0157. The zero-order valence-corrected chi connectivity index (χ0v) is 33.7. The fourth-order valence-electron chi connectivity index (χ4n) is 7.98. The number of fused-ring (bicyclic) bond motifs is 1. The van der Waals surface area contributed by atoms with Crippen LogP contribution in [0.5, 0.6) is 0 Å². The maximum absolute atomic E-state index is 11.9. The van der Waals surface area contributed by atoms with Gasteiger partial charge >= 0.3 is 5.97 Å². The molecule has 0 bridgehead atoms. The smallest absolute Gasteiger partial charge is 0.305 e. The zero-order valence-electron chi connectivity index (χ0n) is 31.7. The van der Waals surface area contributed by atoms with E-state index in [0.29, 0.717) is 30.3 Å². The third-order valence-corrected chi connectivity index (χ3v) is 21.8. The molecule has 0 radical (unpaired) electrons. The molecular weight excluding hydrogens is 589 g/mol. The van der Waals surface area contributed by atoms with E-state index in [1.165, 1.54) is 43.3 Å². The van der Waals surface area contributed by atoms with E-state index in [-0.39, 0.29) is 28.3 Å². The van der Waals surface area contributed by atoms with E-state index in [0.717, 1.165) is 31.6 Å². The molecule has 3 rings (SSSR count). The van der Waals surface area contributed by atoms with Crippen molar-refractivity contribution in [2.75, 3.05) is 6.61 Å². The molecule has 3 aliphatic rings. The van der Waals surface area contributed by atoms with Gasteiger partial charge in [0.25, 0.3) is 0 Å². The van der Waals surface area contributed by atoms with E-state index in [9.17, 15) is 4.79 Å². The lowest BCUT2D eigenvalue weighted by Crippen LogP contribution is -2.49. The van der Waals surface area contributed by atoms with Crippen LogP contribution >= 0.6 is 0 Å². The lowest BCUT2D eigenvalue weighted by atomic mass is 9.60. The molecule has 0 saturated heterocycles. The number of carbonyl (C=O) groups excluding carboxylic acids is 1. The number of hydrogen-bond donors (Lipinski definition) is 0. The Balaban J connectivity index is 1.84. The summed E-state index contributed by atoms with van der Waals surface area (Å²) in [6.07, 6.45) is 15.9. The third kappa shape index (κ3) is 9.15. The fourth-order valence-corrected chi connectivity index (χ4v) is 10.7. The molecule has 0 aromatic heterocycles. The van der Waals surface area contributed by atoms with Crippen molar-refractivity contribution in [3.63, 3.8) is 0 Å². The molecule has 3 aliphatic carbocycles. The van der Waals surface area contributed by atoms with Crippen molar-refractivity contribution in [3.05, 3.63) is 35.5 Å². The number of ether oxygens (including phenoxy) is 1. The molecule has 0 aromatic rings. The Morgan fingerprint density at radius 3 is 2.24 bits per heavy atom. The summed E-state index contributed by atoms with van der Waals surface area (Å²) in [6, 6.07) is 0. The first kappa shape index (κ1) is 38.5. The Kier molecular flexibility index (Phi) is 12.5. The van der Waals surface area contributed by atoms with Crippen LogP contribution in [0.15, 0.2) is 35.5 Å². The van der Waals surface area contributed by atoms with Crippen molar-refractivity contribution < 1.29 is 18.4 Å². The quantitative estimate of drug-likeness (QED) is 0.164. The van der Waals surface area contributed by atoms with Crippen LogP contribution < -0.4 is 0 Å². The lowest BCUT2D eigenvalue weighted by molar-refractivity contribution is -0.143. The maximum Gasteiger partial charge on any atom is 0.305 e. The first-order valence-electron chi connectivity index (χ1n) is 18.2. The molecule has 6 heteroatoms. The van der Waals surface area contributed by atoms with Gasteiger partial charge in [-0.1, -0.05) is 79.7 Å². The fraction of sp³-hybridized carbons (Fsp3) is 0.821. The van der Waals surface area contributed by atoms with Crippen LogP contribution in [0, 0.1) is 23.2 Å². The van der Waals surface area contributed by atoms with Gasteiger partial charge in [0, 0.05) is 12.8 Å². The van der Waals surface area contributed by atoms with E-state index >= 15 is 0 Å². The average molecular weight is 659 g/mol. The summed E-state index contributed by atoms with van der Waals surface area (Å²) < 4.78 is 19.3. The number of allylic oxidation sites excluding steroid dienone is 3. The number of hydrogen-bond acceptors (Lipinski definition) is 4. The van der Waals surface area contributed by atoms with Gasteiger partial charge in [-0.2, -0.15) is 0 Å². The van der Waals surface area contributed by atoms with E-state index in [1.54, 1.807) is 5.57 Å². The van der Waals surface area contributed by atoms with Crippen LogP contribution in [-0.4, -0.2) is 41.4 Å². The molecule has 3 saturated carbocycles. The van der Waals surface area contributed by atoms with E-state index < -0.39 is 16.6 Å². The molecule has 0 heterocycles. The standard InChI is InChI=1S/C39H70O4Si2/c1-15-41-36(40)20-16-18-28(2)33-23-24-34-30(19-17-25-39(33,34)10)21-22-31-26-32(42-44(11,12)37(4,5)6)27-35(29(31)3)43-45(13,14)38(7,8)9/h21-22,28,32-35H,3,15-20,23-27H2,1-2,4-14H3/b30-21+,31-22-/t28-,32-,33-,34+,35-,39-/m1/s1. The second-order valence-electron chi connectivity index (χ2n) is 18.0. The van der Waals surface area contributed by atoms with Gasteiger partial charge < -0.3 is 13.6 Å². The van der Waals surface area contributed by atoms with Crippen molar-refractivity contribution >= 4 is 22.6 Å². The molecular formula is C39H70O4Si2. The van der Waals surface area contributed by atoms with Crippen molar-refractivity contribution in [2.45, 2.75) is 175 Å². The number of carbonyl (C=O) groups is 1. The minimum Gasteiger partial charge on any atom is -0.466 e. The molecule has 0 unspecified atom stereocenters. The Morgan fingerprint density at radius 1 is 1.02 bits per heavy atom. The normalized spacial score (nSPS) is 30.9. The topological polar surface area (TPSA) is 44.8 Å². The molecule has 0 aromatic carbocycles. The highest BCUT2D eigenvalue weighted by Crippen LogP contribution is 2.60. The second kappa shape index (κ2) is 14.7. The second-order valence-corrected chi connectivity index (χ2v) is 27.5. The minimum atomic E-state index is -1.98. The van der Waals surface area contributed by atoms with Gasteiger partial charge in [0.2, 0.25) is 0 Å². The largest absolute Gasteiger partial charge is 0.466 e. The molecule has 6 atom stereocenters. The maximum atomic E-state index is 11.9. The summed E-state index contributed by atoms with van der Waals surface area (Å²) in [7, 11) is -3.92. The Labute approximate surface area is 280 Å². The van der Waals surface area contributed by atoms with Gasteiger partial charge in [-0.15, -0.1) is 0 Å². The average Bonchev–Trinajstić information content (AvgIpc) is 3.25. The van der Waals surface area contributed by atoms with Gasteiger partial charge in [0.05, 0.1) is 18.8 Å². The highest BCUT2D eigenvalue weighted by molar-refractivity contribution is 6.74. The monoisotopic (exact) mass is 658 g/mol. The first-order valence-corrected chi connectivity index (χ1v) is 24.0. The molecule has 3 fully saturated rings. The Hall–Kier alpha value is -0.956. The first-order chi connectivity index (χ1) is 20.6. The lowest BCUT2D eigenvalue weighted by Gasteiger charge is -2.46. The summed E-state index contributed by atoms with van der Waals surface area (Å²) in [6.45, 7) is 35.5. The highest BCUT2D eigenvalue weighted by Gasteiger charge is 2.50.